The second kappa shape index (κ2) is 9.04. The third-order valence-electron chi connectivity index (χ3n) is 6.57. The Morgan fingerprint density at radius 3 is 2.23 bits per heavy atom. The van der Waals surface area contributed by atoms with Gasteiger partial charge in [0.1, 0.15) is 0 Å². The average molecular weight is 413 g/mol. The number of hydrogen-bond donors (Lipinski definition) is 1. The maximum atomic E-state index is 13.7. The van der Waals surface area contributed by atoms with Crippen LogP contribution >= 0.6 is 0 Å². The van der Waals surface area contributed by atoms with E-state index in [0.717, 1.165) is 18.7 Å². The van der Waals surface area contributed by atoms with Crippen LogP contribution in [0.1, 0.15) is 23.1 Å². The first-order valence-corrected chi connectivity index (χ1v) is 11.1. The Morgan fingerprint density at radius 2 is 1.48 bits per heavy atom. The monoisotopic (exact) mass is 412 g/mol. The number of ether oxygens (including phenoxy) is 1. The first-order valence-electron chi connectivity index (χ1n) is 11.1. The summed E-state index contributed by atoms with van der Waals surface area (Å²) < 4.78 is 5.74. The van der Waals surface area contributed by atoms with Crippen molar-refractivity contribution in [3.05, 3.63) is 96.1 Å². The molecule has 5 rings (SSSR count). The highest BCUT2D eigenvalue weighted by Crippen LogP contribution is 2.34. The van der Waals surface area contributed by atoms with Crippen LogP contribution in [0, 0.1) is 5.92 Å². The lowest BCUT2D eigenvalue weighted by Crippen LogP contribution is -2.47. The molecule has 1 amide bonds. The SMILES string of the molecule is O=C([C@@H]1CNC[C@H]1c1ccc(-c2ccccc2)cc1)N1CCOC[C@@H]1c1ccccc1. The van der Waals surface area contributed by atoms with Crippen LogP contribution in [0.3, 0.4) is 0 Å². The van der Waals surface area contributed by atoms with E-state index in [0.29, 0.717) is 19.8 Å². The summed E-state index contributed by atoms with van der Waals surface area (Å²) in [6.07, 6.45) is 0. The molecule has 2 saturated heterocycles. The molecule has 2 aliphatic heterocycles. The molecular formula is C27H28N2O2. The van der Waals surface area contributed by atoms with Crippen LogP contribution in [0.25, 0.3) is 11.1 Å². The predicted octanol–water partition coefficient (Wildman–Crippen LogP) is 4.26. The van der Waals surface area contributed by atoms with Gasteiger partial charge in [-0.1, -0.05) is 84.9 Å². The highest BCUT2D eigenvalue weighted by molar-refractivity contribution is 5.81. The molecule has 2 heterocycles. The number of hydrogen-bond acceptors (Lipinski definition) is 3. The molecule has 4 nitrogen and oxygen atoms in total. The molecule has 0 radical (unpaired) electrons. The Balaban J connectivity index is 1.36. The van der Waals surface area contributed by atoms with Gasteiger partial charge in [-0.2, -0.15) is 0 Å². The van der Waals surface area contributed by atoms with Gasteiger partial charge in [0.05, 0.1) is 25.2 Å². The van der Waals surface area contributed by atoms with E-state index < -0.39 is 0 Å². The zero-order valence-electron chi connectivity index (χ0n) is 17.6. The Labute approximate surface area is 183 Å². The van der Waals surface area contributed by atoms with Crippen molar-refractivity contribution in [3.63, 3.8) is 0 Å². The second-order valence-corrected chi connectivity index (χ2v) is 8.39. The molecule has 1 N–H and O–H groups in total. The normalized spacial score (nSPS) is 23.6. The van der Waals surface area contributed by atoms with E-state index in [4.69, 9.17) is 4.74 Å². The molecule has 158 valence electrons. The van der Waals surface area contributed by atoms with E-state index in [-0.39, 0.29) is 23.8 Å². The van der Waals surface area contributed by atoms with Crippen molar-refractivity contribution >= 4 is 5.91 Å². The van der Waals surface area contributed by atoms with E-state index in [2.05, 4.69) is 66.0 Å². The number of morpholine rings is 1. The summed E-state index contributed by atoms with van der Waals surface area (Å²) in [5.74, 6) is 0.378. The van der Waals surface area contributed by atoms with Crippen LogP contribution in [-0.2, 0) is 9.53 Å². The third-order valence-corrected chi connectivity index (χ3v) is 6.57. The Kier molecular flexibility index (Phi) is 5.83. The van der Waals surface area contributed by atoms with Gasteiger partial charge in [-0.05, 0) is 22.3 Å². The van der Waals surface area contributed by atoms with Crippen molar-refractivity contribution in [1.29, 1.82) is 0 Å². The van der Waals surface area contributed by atoms with Gasteiger partial charge >= 0.3 is 0 Å². The fourth-order valence-electron chi connectivity index (χ4n) is 4.87. The molecule has 0 spiro atoms. The molecule has 0 unspecified atom stereocenters. The number of amides is 1. The maximum absolute atomic E-state index is 13.7. The highest BCUT2D eigenvalue weighted by Gasteiger charge is 2.39. The average Bonchev–Trinajstić information content (AvgIpc) is 3.35. The van der Waals surface area contributed by atoms with E-state index in [9.17, 15) is 4.79 Å². The van der Waals surface area contributed by atoms with Crippen molar-refractivity contribution < 1.29 is 9.53 Å². The molecule has 0 bridgehead atoms. The van der Waals surface area contributed by atoms with Crippen LogP contribution in [0.2, 0.25) is 0 Å². The highest BCUT2D eigenvalue weighted by atomic mass is 16.5. The molecule has 0 aromatic heterocycles. The van der Waals surface area contributed by atoms with Gasteiger partial charge in [-0.25, -0.2) is 0 Å². The fourth-order valence-corrected chi connectivity index (χ4v) is 4.87. The van der Waals surface area contributed by atoms with Crippen molar-refractivity contribution in [1.82, 2.24) is 10.2 Å². The molecule has 0 saturated carbocycles. The zero-order valence-corrected chi connectivity index (χ0v) is 17.6. The van der Waals surface area contributed by atoms with E-state index in [1.807, 2.05) is 29.2 Å². The maximum Gasteiger partial charge on any atom is 0.228 e. The Bertz CT molecular complexity index is 1000. The Morgan fingerprint density at radius 1 is 0.806 bits per heavy atom. The molecule has 3 aromatic carbocycles. The topological polar surface area (TPSA) is 41.6 Å². The van der Waals surface area contributed by atoms with Crippen LogP contribution in [0.5, 0.6) is 0 Å². The quantitative estimate of drug-likeness (QED) is 0.696. The van der Waals surface area contributed by atoms with Crippen LogP contribution in [0.4, 0.5) is 0 Å². The second-order valence-electron chi connectivity index (χ2n) is 8.39. The van der Waals surface area contributed by atoms with Gasteiger partial charge < -0.3 is 15.0 Å². The molecule has 2 fully saturated rings. The molecule has 4 heteroatoms. The van der Waals surface area contributed by atoms with Crippen molar-refractivity contribution in [2.45, 2.75) is 12.0 Å². The van der Waals surface area contributed by atoms with Gasteiger partial charge in [0.15, 0.2) is 0 Å². The number of rotatable bonds is 4. The number of carbonyl (C=O) groups is 1. The number of nitrogens with zero attached hydrogens (tertiary/aromatic N) is 1. The number of benzene rings is 3. The van der Waals surface area contributed by atoms with E-state index >= 15 is 0 Å². The minimum absolute atomic E-state index is 0.0100. The third kappa shape index (κ3) is 4.14. The molecule has 3 atom stereocenters. The van der Waals surface area contributed by atoms with E-state index in [1.165, 1.54) is 16.7 Å². The van der Waals surface area contributed by atoms with Crippen LogP contribution < -0.4 is 5.32 Å². The summed E-state index contributed by atoms with van der Waals surface area (Å²) in [5.41, 5.74) is 4.79. The minimum Gasteiger partial charge on any atom is -0.377 e. The van der Waals surface area contributed by atoms with Gasteiger partial charge in [-0.15, -0.1) is 0 Å². The summed E-state index contributed by atoms with van der Waals surface area (Å²) in [6.45, 7) is 3.37. The van der Waals surface area contributed by atoms with E-state index in [1.54, 1.807) is 0 Å². The first kappa shape index (κ1) is 20.0. The smallest absolute Gasteiger partial charge is 0.228 e. The first-order chi connectivity index (χ1) is 15.3. The lowest BCUT2D eigenvalue weighted by molar-refractivity contribution is -0.144. The van der Waals surface area contributed by atoms with Crippen molar-refractivity contribution in [3.8, 4) is 11.1 Å². The van der Waals surface area contributed by atoms with Gasteiger partial charge in [0.2, 0.25) is 5.91 Å². The Hall–Kier alpha value is -2.95. The van der Waals surface area contributed by atoms with Crippen molar-refractivity contribution in [2.75, 3.05) is 32.8 Å². The molecular weight excluding hydrogens is 384 g/mol. The summed E-state index contributed by atoms with van der Waals surface area (Å²) in [4.78, 5) is 15.7. The minimum atomic E-state index is -0.0492. The molecule has 0 aliphatic carbocycles. The predicted molar refractivity (Wildman–Crippen MR) is 123 cm³/mol. The summed E-state index contributed by atoms with van der Waals surface area (Å²) in [5, 5.41) is 3.46. The number of nitrogens with one attached hydrogen (secondary N) is 1. The summed E-state index contributed by atoms with van der Waals surface area (Å²) >= 11 is 0. The largest absolute Gasteiger partial charge is 0.377 e. The van der Waals surface area contributed by atoms with Crippen LogP contribution in [0.15, 0.2) is 84.9 Å². The summed E-state index contributed by atoms with van der Waals surface area (Å²) in [7, 11) is 0. The van der Waals surface area contributed by atoms with Crippen LogP contribution in [-0.4, -0.2) is 43.7 Å². The van der Waals surface area contributed by atoms with Gasteiger partial charge in [0, 0.05) is 25.6 Å². The lowest BCUT2D eigenvalue weighted by atomic mass is 9.86. The van der Waals surface area contributed by atoms with Crippen molar-refractivity contribution in [2.24, 2.45) is 5.92 Å². The zero-order chi connectivity index (χ0) is 21.0. The molecule has 3 aromatic rings. The molecule has 2 aliphatic rings. The van der Waals surface area contributed by atoms with Gasteiger partial charge in [0.25, 0.3) is 0 Å². The standard InChI is InChI=1S/C27H28N2O2/c30-27(29-15-16-31-19-26(29)23-9-5-2-6-10-23)25-18-28-17-24(25)22-13-11-21(12-14-22)20-7-3-1-4-8-20/h1-14,24-26,28H,15-19H2/t24-,25+,26+/m0/s1. The fraction of sp³-hybridized carbons (Fsp3) is 0.296. The number of carbonyl (C=O) groups excluding carboxylic acids is 1. The summed E-state index contributed by atoms with van der Waals surface area (Å²) in [6, 6.07) is 29.4. The molecule has 31 heavy (non-hydrogen) atoms. The van der Waals surface area contributed by atoms with Gasteiger partial charge in [-0.3, -0.25) is 4.79 Å². The lowest BCUT2D eigenvalue weighted by Gasteiger charge is -2.38.